The van der Waals surface area contributed by atoms with Crippen molar-refractivity contribution in [1.82, 2.24) is 9.80 Å². The lowest BCUT2D eigenvalue weighted by Gasteiger charge is -2.58. The summed E-state index contributed by atoms with van der Waals surface area (Å²) >= 11 is 0. The number of likely N-dealkylation sites (tertiary alicyclic amines) is 2. The van der Waals surface area contributed by atoms with Gasteiger partial charge in [0, 0.05) is 31.8 Å². The molecule has 0 aromatic carbocycles. The van der Waals surface area contributed by atoms with E-state index in [9.17, 15) is 0 Å². The van der Waals surface area contributed by atoms with E-state index >= 15 is 0 Å². The first kappa shape index (κ1) is 14.1. The Morgan fingerprint density at radius 3 is 3.00 bits per heavy atom. The number of ether oxygens (including phenoxy) is 1. The maximum Gasteiger partial charge on any atom is 0.117 e. The minimum Gasteiger partial charge on any atom is -0.468 e. The van der Waals surface area contributed by atoms with Gasteiger partial charge >= 0.3 is 0 Å². The fourth-order valence-electron chi connectivity index (χ4n) is 3.73. The van der Waals surface area contributed by atoms with E-state index in [1.165, 1.54) is 19.4 Å². The second-order valence-electron chi connectivity index (χ2n) is 6.39. The summed E-state index contributed by atoms with van der Waals surface area (Å²) in [6.45, 7) is 8.32. The number of hydrogen-bond acceptors (Lipinski definition) is 4. The zero-order valence-corrected chi connectivity index (χ0v) is 12.7. The molecule has 1 atom stereocenters. The van der Waals surface area contributed by atoms with Crippen molar-refractivity contribution in [3.05, 3.63) is 24.2 Å². The highest BCUT2D eigenvalue weighted by atomic mass is 16.5. The molecule has 112 valence electrons. The van der Waals surface area contributed by atoms with Crippen LogP contribution in [0.25, 0.3) is 0 Å². The molecule has 0 amide bonds. The number of likely N-dealkylation sites (N-methyl/N-ethyl adjacent to an activating group) is 1. The molecule has 0 unspecified atom stereocenters. The van der Waals surface area contributed by atoms with Crippen LogP contribution >= 0.6 is 0 Å². The van der Waals surface area contributed by atoms with E-state index in [4.69, 9.17) is 9.15 Å². The van der Waals surface area contributed by atoms with Gasteiger partial charge in [0.1, 0.15) is 5.76 Å². The first-order valence-corrected chi connectivity index (χ1v) is 7.75. The Labute approximate surface area is 121 Å². The Bertz CT molecular complexity index is 410. The predicted molar refractivity (Wildman–Crippen MR) is 78.6 cm³/mol. The standard InChI is InChI=1S/C16H26N2O2/c1-3-19-11-14-6-7-17(2)16(9-14)12-18(13-16)10-15-5-4-8-20-15/h4-5,8,14H,3,6-7,9-13H2,1-2H3/t14-/m1/s1. The Morgan fingerprint density at radius 2 is 2.30 bits per heavy atom. The summed E-state index contributed by atoms with van der Waals surface area (Å²) in [5.74, 6) is 1.81. The smallest absolute Gasteiger partial charge is 0.117 e. The zero-order chi connectivity index (χ0) is 14.0. The largest absolute Gasteiger partial charge is 0.468 e. The van der Waals surface area contributed by atoms with Crippen LogP contribution in [0, 0.1) is 5.92 Å². The number of hydrogen-bond donors (Lipinski definition) is 0. The molecule has 2 aliphatic heterocycles. The van der Waals surface area contributed by atoms with Crippen LogP contribution < -0.4 is 0 Å². The first-order chi connectivity index (χ1) is 9.72. The van der Waals surface area contributed by atoms with Crippen LogP contribution in [0.3, 0.4) is 0 Å². The van der Waals surface area contributed by atoms with Crippen LogP contribution in [0.1, 0.15) is 25.5 Å². The van der Waals surface area contributed by atoms with Gasteiger partial charge in [0.15, 0.2) is 0 Å². The van der Waals surface area contributed by atoms with Gasteiger partial charge in [-0.3, -0.25) is 9.80 Å². The molecule has 1 aromatic heterocycles. The van der Waals surface area contributed by atoms with Crippen molar-refractivity contribution in [1.29, 1.82) is 0 Å². The summed E-state index contributed by atoms with van der Waals surface area (Å²) in [4.78, 5) is 5.05. The molecule has 0 radical (unpaired) electrons. The quantitative estimate of drug-likeness (QED) is 0.826. The van der Waals surface area contributed by atoms with Crippen LogP contribution in [0.15, 0.2) is 22.8 Å². The second kappa shape index (κ2) is 5.88. The molecule has 2 aliphatic rings. The Balaban J connectivity index is 1.53. The van der Waals surface area contributed by atoms with Crippen molar-refractivity contribution in [2.75, 3.05) is 39.9 Å². The van der Waals surface area contributed by atoms with E-state index in [-0.39, 0.29) is 0 Å². The lowest BCUT2D eigenvalue weighted by molar-refractivity contribution is -0.0938. The maximum absolute atomic E-state index is 5.64. The lowest BCUT2D eigenvalue weighted by atomic mass is 9.75. The third kappa shape index (κ3) is 2.78. The SMILES string of the molecule is CCOC[C@@H]1CCN(C)C2(C1)CN(Cc1ccco1)C2. The van der Waals surface area contributed by atoms with Crippen LogP contribution in [0.2, 0.25) is 0 Å². The Morgan fingerprint density at radius 1 is 1.45 bits per heavy atom. The molecule has 0 saturated carbocycles. The average Bonchev–Trinajstić information content (AvgIpc) is 2.90. The summed E-state index contributed by atoms with van der Waals surface area (Å²) in [6, 6.07) is 4.03. The van der Waals surface area contributed by atoms with Gasteiger partial charge in [-0.1, -0.05) is 0 Å². The van der Waals surface area contributed by atoms with Crippen LogP contribution in [-0.4, -0.2) is 55.2 Å². The van der Waals surface area contributed by atoms with Crippen molar-refractivity contribution in [2.24, 2.45) is 5.92 Å². The zero-order valence-electron chi connectivity index (χ0n) is 12.7. The third-order valence-electron chi connectivity index (χ3n) is 4.90. The normalized spacial score (nSPS) is 26.8. The number of nitrogens with zero attached hydrogens (tertiary/aromatic N) is 2. The minimum atomic E-state index is 0.382. The summed E-state index contributed by atoms with van der Waals surface area (Å²) in [5.41, 5.74) is 0.382. The molecule has 1 aromatic rings. The van der Waals surface area contributed by atoms with Gasteiger partial charge in [-0.15, -0.1) is 0 Å². The molecule has 0 aliphatic carbocycles. The van der Waals surface area contributed by atoms with E-state index in [1.54, 1.807) is 6.26 Å². The molecule has 3 heterocycles. The van der Waals surface area contributed by atoms with Crippen molar-refractivity contribution in [3.63, 3.8) is 0 Å². The van der Waals surface area contributed by atoms with E-state index in [2.05, 4.69) is 29.8 Å². The monoisotopic (exact) mass is 278 g/mol. The number of furan rings is 1. The summed E-state index contributed by atoms with van der Waals surface area (Å²) in [7, 11) is 2.28. The highest BCUT2D eigenvalue weighted by Gasteiger charge is 2.49. The van der Waals surface area contributed by atoms with Crippen LogP contribution in [0.5, 0.6) is 0 Å². The van der Waals surface area contributed by atoms with Crippen molar-refractivity contribution >= 4 is 0 Å². The van der Waals surface area contributed by atoms with Gasteiger partial charge in [0.05, 0.1) is 12.8 Å². The highest BCUT2D eigenvalue weighted by Crippen LogP contribution is 2.38. The van der Waals surface area contributed by atoms with Crippen LogP contribution in [0.4, 0.5) is 0 Å². The summed E-state index contributed by atoms with van der Waals surface area (Å²) in [6.07, 6.45) is 4.31. The Kier molecular flexibility index (Phi) is 4.15. The third-order valence-corrected chi connectivity index (χ3v) is 4.90. The van der Waals surface area contributed by atoms with E-state index in [0.29, 0.717) is 5.54 Å². The average molecular weight is 278 g/mol. The maximum atomic E-state index is 5.64. The molecule has 0 N–H and O–H groups in total. The summed E-state index contributed by atoms with van der Waals surface area (Å²) in [5, 5.41) is 0. The van der Waals surface area contributed by atoms with Gasteiger partial charge in [-0.25, -0.2) is 0 Å². The van der Waals surface area contributed by atoms with Gasteiger partial charge in [-0.2, -0.15) is 0 Å². The molecular formula is C16H26N2O2. The predicted octanol–water partition coefficient (Wildman–Crippen LogP) is 2.21. The number of piperidine rings is 1. The molecule has 20 heavy (non-hydrogen) atoms. The van der Waals surface area contributed by atoms with Crippen molar-refractivity contribution in [2.45, 2.75) is 31.8 Å². The van der Waals surface area contributed by atoms with Crippen LogP contribution in [-0.2, 0) is 11.3 Å². The van der Waals surface area contributed by atoms with E-state index in [0.717, 1.165) is 44.5 Å². The molecule has 1 spiro atoms. The van der Waals surface area contributed by atoms with Gasteiger partial charge < -0.3 is 9.15 Å². The van der Waals surface area contributed by atoms with E-state index < -0.39 is 0 Å². The molecule has 2 fully saturated rings. The lowest BCUT2D eigenvalue weighted by Crippen LogP contribution is -2.71. The van der Waals surface area contributed by atoms with Gasteiger partial charge in [-0.05, 0) is 51.4 Å². The molecule has 4 nitrogen and oxygen atoms in total. The minimum absolute atomic E-state index is 0.382. The Hall–Kier alpha value is -0.840. The fraction of sp³-hybridized carbons (Fsp3) is 0.750. The molecule has 2 saturated heterocycles. The highest BCUT2D eigenvalue weighted by molar-refractivity contribution is 5.08. The molecule has 3 rings (SSSR count). The fourth-order valence-corrected chi connectivity index (χ4v) is 3.73. The van der Waals surface area contributed by atoms with Crippen molar-refractivity contribution in [3.8, 4) is 0 Å². The van der Waals surface area contributed by atoms with Gasteiger partial charge in [0.2, 0.25) is 0 Å². The van der Waals surface area contributed by atoms with E-state index in [1.807, 2.05) is 6.07 Å². The molecular weight excluding hydrogens is 252 g/mol. The first-order valence-electron chi connectivity index (χ1n) is 7.75. The van der Waals surface area contributed by atoms with Gasteiger partial charge in [0.25, 0.3) is 0 Å². The summed E-state index contributed by atoms with van der Waals surface area (Å²) < 4.78 is 11.1. The molecule has 4 heteroatoms. The molecule has 0 bridgehead atoms. The number of rotatable bonds is 5. The van der Waals surface area contributed by atoms with Crippen molar-refractivity contribution < 1.29 is 9.15 Å². The topological polar surface area (TPSA) is 28.9 Å². The second-order valence-corrected chi connectivity index (χ2v) is 6.39.